The van der Waals surface area contributed by atoms with Crippen LogP contribution in [0.5, 0.6) is 0 Å². The van der Waals surface area contributed by atoms with Gasteiger partial charge in [-0.15, -0.1) is 0 Å². The molecule has 0 amide bonds. The molecule has 2 nitrogen and oxygen atoms in total. The van der Waals surface area contributed by atoms with Crippen LogP contribution in [0.2, 0.25) is 0 Å². The van der Waals surface area contributed by atoms with E-state index in [0.29, 0.717) is 12.6 Å². The van der Waals surface area contributed by atoms with Crippen molar-refractivity contribution in [1.29, 1.82) is 0 Å². The lowest BCUT2D eigenvalue weighted by Gasteiger charge is -2.33. The van der Waals surface area contributed by atoms with Gasteiger partial charge in [-0.3, -0.25) is 4.90 Å². The van der Waals surface area contributed by atoms with Gasteiger partial charge in [-0.1, -0.05) is 12.5 Å². The fraction of sp³-hybridized carbons (Fsp3) is 0.600. The Morgan fingerprint density at radius 2 is 2.00 bits per heavy atom. The minimum absolute atomic E-state index is 0.0518. The van der Waals surface area contributed by atoms with E-state index in [0.717, 1.165) is 31.9 Å². The average molecular weight is 304 g/mol. The number of alkyl halides is 3. The quantitative estimate of drug-likeness (QED) is 0.846. The maximum Gasteiger partial charge on any atom is 0.416 e. The summed E-state index contributed by atoms with van der Waals surface area (Å²) in [5, 5.41) is 0. The third kappa shape index (κ3) is 3.55. The van der Waals surface area contributed by atoms with Crippen molar-refractivity contribution < 1.29 is 17.6 Å². The molecular formula is C15H20F4N2. The highest BCUT2D eigenvalue weighted by Crippen LogP contribution is 2.41. The summed E-state index contributed by atoms with van der Waals surface area (Å²) in [7, 11) is 1.81. The smallest absolute Gasteiger partial charge is 0.330 e. The van der Waals surface area contributed by atoms with E-state index in [4.69, 9.17) is 5.73 Å². The Labute approximate surface area is 121 Å². The van der Waals surface area contributed by atoms with Crippen molar-refractivity contribution in [1.82, 2.24) is 4.90 Å². The molecule has 1 aliphatic rings. The third-order valence-electron chi connectivity index (χ3n) is 4.20. The van der Waals surface area contributed by atoms with Crippen molar-refractivity contribution in [2.75, 3.05) is 20.1 Å². The molecule has 0 bridgehead atoms. The van der Waals surface area contributed by atoms with Crippen molar-refractivity contribution in [2.45, 2.75) is 31.5 Å². The molecule has 0 radical (unpaired) electrons. The van der Waals surface area contributed by atoms with Crippen LogP contribution < -0.4 is 5.73 Å². The Hall–Kier alpha value is -1.14. The summed E-state index contributed by atoms with van der Waals surface area (Å²) in [4.78, 5) is 1.91. The number of rotatable bonds is 2. The largest absolute Gasteiger partial charge is 0.416 e. The summed E-state index contributed by atoms with van der Waals surface area (Å²) in [6.45, 7) is 1.04. The Morgan fingerprint density at radius 3 is 2.62 bits per heavy atom. The monoisotopic (exact) mass is 304 g/mol. The molecule has 0 aromatic heterocycles. The number of hydrogen-bond donors (Lipinski definition) is 1. The summed E-state index contributed by atoms with van der Waals surface area (Å²) < 4.78 is 52.9. The fourth-order valence-electron chi connectivity index (χ4n) is 3.19. The van der Waals surface area contributed by atoms with Crippen LogP contribution in [-0.2, 0) is 6.18 Å². The van der Waals surface area contributed by atoms with E-state index in [1.807, 2.05) is 11.9 Å². The lowest BCUT2D eigenvalue weighted by Crippen LogP contribution is -2.34. The van der Waals surface area contributed by atoms with Gasteiger partial charge < -0.3 is 5.73 Å². The zero-order valence-corrected chi connectivity index (χ0v) is 12.0. The number of nitrogens with zero attached hydrogens (tertiary/aromatic N) is 1. The SMILES string of the molecule is CN1CCCCC(CN)C1c1ccc(F)cc1C(F)(F)F. The predicted octanol–water partition coefficient (Wildman–Crippen LogP) is 3.58. The van der Waals surface area contributed by atoms with Gasteiger partial charge in [0.2, 0.25) is 0 Å². The van der Waals surface area contributed by atoms with Gasteiger partial charge in [0.05, 0.1) is 5.56 Å². The first-order chi connectivity index (χ1) is 9.84. The molecule has 2 rings (SSSR count). The van der Waals surface area contributed by atoms with E-state index in [1.165, 1.54) is 6.07 Å². The molecule has 0 saturated carbocycles. The second-order valence-electron chi connectivity index (χ2n) is 5.65. The zero-order valence-electron chi connectivity index (χ0n) is 12.0. The standard InChI is InChI=1S/C15H20F4N2/c1-21-7-3-2-4-10(9-20)14(21)12-6-5-11(16)8-13(12)15(17,18)19/h5-6,8,10,14H,2-4,7,9,20H2,1H3. The number of benzene rings is 1. The lowest BCUT2D eigenvalue weighted by molar-refractivity contribution is -0.139. The number of halogens is 4. The van der Waals surface area contributed by atoms with Crippen molar-refractivity contribution in [3.8, 4) is 0 Å². The molecular weight excluding hydrogens is 284 g/mol. The van der Waals surface area contributed by atoms with Crippen LogP contribution in [0.15, 0.2) is 18.2 Å². The second-order valence-corrected chi connectivity index (χ2v) is 5.65. The van der Waals surface area contributed by atoms with Gasteiger partial charge in [-0.2, -0.15) is 13.2 Å². The van der Waals surface area contributed by atoms with E-state index in [2.05, 4.69) is 0 Å². The molecule has 1 aliphatic heterocycles. The zero-order chi connectivity index (χ0) is 15.6. The molecule has 2 N–H and O–H groups in total. The summed E-state index contributed by atoms with van der Waals surface area (Å²) in [5.74, 6) is -0.921. The van der Waals surface area contributed by atoms with E-state index in [-0.39, 0.29) is 11.5 Å². The highest BCUT2D eigenvalue weighted by molar-refractivity contribution is 5.34. The van der Waals surface area contributed by atoms with Crippen molar-refractivity contribution >= 4 is 0 Å². The van der Waals surface area contributed by atoms with Crippen molar-refractivity contribution in [3.63, 3.8) is 0 Å². The van der Waals surface area contributed by atoms with Gasteiger partial charge in [0.1, 0.15) is 5.82 Å². The van der Waals surface area contributed by atoms with Crippen molar-refractivity contribution in [3.05, 3.63) is 35.1 Å². The van der Waals surface area contributed by atoms with E-state index < -0.39 is 23.6 Å². The van der Waals surface area contributed by atoms with Crippen LogP contribution in [0.1, 0.15) is 36.4 Å². The fourth-order valence-corrected chi connectivity index (χ4v) is 3.19. The van der Waals surface area contributed by atoms with Gasteiger partial charge in [-0.25, -0.2) is 4.39 Å². The van der Waals surface area contributed by atoms with E-state index in [9.17, 15) is 17.6 Å². The minimum Gasteiger partial charge on any atom is -0.330 e. The Balaban J connectivity index is 2.51. The van der Waals surface area contributed by atoms with Gasteiger partial charge in [0.25, 0.3) is 0 Å². The molecule has 21 heavy (non-hydrogen) atoms. The van der Waals surface area contributed by atoms with Crippen molar-refractivity contribution in [2.24, 2.45) is 11.7 Å². The predicted molar refractivity (Wildman–Crippen MR) is 73.2 cm³/mol. The Kier molecular flexibility index (Phi) is 4.88. The summed E-state index contributed by atoms with van der Waals surface area (Å²) in [6.07, 6.45) is -1.89. The number of likely N-dealkylation sites (tertiary alicyclic amines) is 1. The Bertz CT molecular complexity index is 487. The van der Waals surface area contributed by atoms with Crippen LogP contribution in [-0.4, -0.2) is 25.0 Å². The topological polar surface area (TPSA) is 29.3 Å². The third-order valence-corrected chi connectivity index (χ3v) is 4.20. The highest BCUT2D eigenvalue weighted by atomic mass is 19.4. The molecule has 118 valence electrons. The number of hydrogen-bond acceptors (Lipinski definition) is 2. The maximum atomic E-state index is 13.3. The molecule has 6 heteroatoms. The normalized spacial score (nSPS) is 24.9. The summed E-state index contributed by atoms with van der Waals surface area (Å²) in [6, 6.07) is 2.51. The first-order valence-electron chi connectivity index (χ1n) is 7.11. The number of nitrogens with two attached hydrogens (primary N) is 1. The van der Waals surface area contributed by atoms with Crippen LogP contribution in [0.4, 0.5) is 17.6 Å². The first-order valence-corrected chi connectivity index (χ1v) is 7.11. The molecule has 1 saturated heterocycles. The van der Waals surface area contributed by atoms with E-state index in [1.54, 1.807) is 0 Å². The minimum atomic E-state index is -4.57. The molecule has 1 aromatic rings. The molecule has 1 heterocycles. The lowest BCUT2D eigenvalue weighted by atomic mass is 9.86. The second kappa shape index (κ2) is 6.32. The van der Waals surface area contributed by atoms with Gasteiger partial charge >= 0.3 is 6.18 Å². The van der Waals surface area contributed by atoms with Gasteiger partial charge in [-0.05, 0) is 56.6 Å². The maximum absolute atomic E-state index is 13.3. The summed E-state index contributed by atoms with van der Waals surface area (Å²) >= 11 is 0. The average Bonchev–Trinajstić information content (AvgIpc) is 2.59. The van der Waals surface area contributed by atoms with Crippen LogP contribution in [0.3, 0.4) is 0 Å². The van der Waals surface area contributed by atoms with Gasteiger partial charge in [0, 0.05) is 6.04 Å². The van der Waals surface area contributed by atoms with E-state index >= 15 is 0 Å². The molecule has 2 atom stereocenters. The van der Waals surface area contributed by atoms with Gasteiger partial charge in [0.15, 0.2) is 0 Å². The molecule has 1 aromatic carbocycles. The molecule has 0 aliphatic carbocycles. The van der Waals surface area contributed by atoms with Crippen LogP contribution >= 0.6 is 0 Å². The molecule has 0 spiro atoms. The highest BCUT2D eigenvalue weighted by Gasteiger charge is 2.39. The Morgan fingerprint density at radius 1 is 1.29 bits per heavy atom. The summed E-state index contributed by atoms with van der Waals surface area (Å²) in [5.41, 5.74) is 5.01. The molecule has 1 fully saturated rings. The first kappa shape index (κ1) is 16.2. The van der Waals surface area contributed by atoms with Crippen LogP contribution in [0, 0.1) is 11.7 Å². The van der Waals surface area contributed by atoms with Crippen LogP contribution in [0.25, 0.3) is 0 Å². The molecule has 2 unspecified atom stereocenters.